The second kappa shape index (κ2) is 6.04. The SMILES string of the molecule is CC(NC(=O)/C=C/c1coc2ccccc2c1=O)C(=O)O. The lowest BCUT2D eigenvalue weighted by Gasteiger charge is -2.05. The Morgan fingerprint density at radius 2 is 2.05 bits per heavy atom. The van der Waals surface area contributed by atoms with Gasteiger partial charge in [-0.15, -0.1) is 0 Å². The first-order valence-electron chi connectivity index (χ1n) is 6.21. The minimum absolute atomic E-state index is 0.215. The van der Waals surface area contributed by atoms with E-state index in [0.717, 1.165) is 6.08 Å². The molecule has 2 aromatic rings. The van der Waals surface area contributed by atoms with E-state index in [1.54, 1.807) is 24.3 Å². The molecule has 2 rings (SSSR count). The summed E-state index contributed by atoms with van der Waals surface area (Å²) in [5.74, 6) is -1.74. The van der Waals surface area contributed by atoms with E-state index < -0.39 is 17.9 Å². The zero-order chi connectivity index (χ0) is 15.4. The first-order valence-corrected chi connectivity index (χ1v) is 6.21. The summed E-state index contributed by atoms with van der Waals surface area (Å²) in [6, 6.07) is 5.77. The summed E-state index contributed by atoms with van der Waals surface area (Å²) < 4.78 is 5.30. The van der Waals surface area contributed by atoms with Gasteiger partial charge in [-0.1, -0.05) is 12.1 Å². The number of amides is 1. The molecule has 0 aliphatic carbocycles. The summed E-state index contributed by atoms with van der Waals surface area (Å²) in [6.45, 7) is 1.35. The van der Waals surface area contributed by atoms with E-state index in [-0.39, 0.29) is 11.0 Å². The van der Waals surface area contributed by atoms with Crippen molar-refractivity contribution < 1.29 is 19.1 Å². The fourth-order valence-corrected chi connectivity index (χ4v) is 1.70. The number of hydrogen-bond donors (Lipinski definition) is 2. The highest BCUT2D eigenvalue weighted by atomic mass is 16.4. The molecule has 0 saturated carbocycles. The van der Waals surface area contributed by atoms with Crippen LogP contribution in [0.2, 0.25) is 0 Å². The zero-order valence-corrected chi connectivity index (χ0v) is 11.2. The number of hydrogen-bond acceptors (Lipinski definition) is 4. The van der Waals surface area contributed by atoms with Crippen molar-refractivity contribution in [2.24, 2.45) is 0 Å². The average Bonchev–Trinajstić information content (AvgIpc) is 2.46. The standard InChI is InChI=1S/C15H13NO5/c1-9(15(19)20)16-13(17)7-6-10-8-21-12-5-3-2-4-11(12)14(10)18/h2-9H,1H3,(H,16,17)(H,19,20)/b7-6+. The van der Waals surface area contributed by atoms with Crippen molar-refractivity contribution in [3.05, 3.63) is 52.4 Å². The second-order valence-electron chi connectivity index (χ2n) is 4.42. The topological polar surface area (TPSA) is 96.6 Å². The fourth-order valence-electron chi connectivity index (χ4n) is 1.70. The molecule has 108 valence electrons. The Labute approximate surface area is 119 Å². The van der Waals surface area contributed by atoms with Crippen LogP contribution in [0.1, 0.15) is 12.5 Å². The molecule has 6 heteroatoms. The summed E-state index contributed by atoms with van der Waals surface area (Å²) in [4.78, 5) is 34.3. The molecule has 0 aliphatic heterocycles. The van der Waals surface area contributed by atoms with Crippen LogP contribution < -0.4 is 10.7 Å². The Hall–Kier alpha value is -2.89. The van der Waals surface area contributed by atoms with Crippen molar-refractivity contribution in [3.8, 4) is 0 Å². The molecule has 0 fully saturated rings. The van der Waals surface area contributed by atoms with Gasteiger partial charge < -0.3 is 14.8 Å². The summed E-state index contributed by atoms with van der Waals surface area (Å²) >= 11 is 0. The monoisotopic (exact) mass is 287 g/mol. The van der Waals surface area contributed by atoms with E-state index in [0.29, 0.717) is 11.0 Å². The number of carboxylic acid groups (broad SMARTS) is 1. The van der Waals surface area contributed by atoms with Gasteiger partial charge >= 0.3 is 5.97 Å². The molecule has 1 atom stereocenters. The molecular formula is C15H13NO5. The normalized spacial score (nSPS) is 12.4. The predicted octanol–water partition coefficient (Wildman–Crippen LogP) is 1.40. The summed E-state index contributed by atoms with van der Waals surface area (Å²) in [6.07, 6.45) is 3.65. The zero-order valence-electron chi connectivity index (χ0n) is 11.2. The average molecular weight is 287 g/mol. The van der Waals surface area contributed by atoms with E-state index in [4.69, 9.17) is 9.52 Å². The first-order chi connectivity index (χ1) is 9.99. The molecule has 1 heterocycles. The third-order valence-electron chi connectivity index (χ3n) is 2.85. The number of nitrogens with one attached hydrogen (secondary N) is 1. The van der Waals surface area contributed by atoms with Gasteiger partial charge in [0.15, 0.2) is 5.43 Å². The van der Waals surface area contributed by atoms with Crippen LogP contribution in [0.5, 0.6) is 0 Å². The van der Waals surface area contributed by atoms with Gasteiger partial charge in [-0.2, -0.15) is 0 Å². The smallest absolute Gasteiger partial charge is 0.325 e. The molecular weight excluding hydrogens is 274 g/mol. The highest BCUT2D eigenvalue weighted by Crippen LogP contribution is 2.11. The van der Waals surface area contributed by atoms with Crippen molar-refractivity contribution in [1.82, 2.24) is 5.32 Å². The van der Waals surface area contributed by atoms with Crippen molar-refractivity contribution in [3.63, 3.8) is 0 Å². The van der Waals surface area contributed by atoms with Crippen molar-refractivity contribution in [1.29, 1.82) is 0 Å². The highest BCUT2D eigenvalue weighted by molar-refractivity contribution is 5.94. The van der Waals surface area contributed by atoms with Gasteiger partial charge in [-0.05, 0) is 25.1 Å². The Morgan fingerprint density at radius 1 is 1.33 bits per heavy atom. The van der Waals surface area contributed by atoms with Gasteiger partial charge in [0.2, 0.25) is 5.91 Å². The third-order valence-corrected chi connectivity index (χ3v) is 2.85. The molecule has 0 radical (unpaired) electrons. The van der Waals surface area contributed by atoms with Crippen LogP contribution >= 0.6 is 0 Å². The number of aliphatic carboxylic acids is 1. The van der Waals surface area contributed by atoms with E-state index in [1.165, 1.54) is 19.3 Å². The maximum Gasteiger partial charge on any atom is 0.325 e. The molecule has 1 unspecified atom stereocenters. The largest absolute Gasteiger partial charge is 0.480 e. The number of carboxylic acids is 1. The van der Waals surface area contributed by atoms with E-state index in [2.05, 4.69) is 5.32 Å². The lowest BCUT2D eigenvalue weighted by atomic mass is 10.1. The lowest BCUT2D eigenvalue weighted by Crippen LogP contribution is -2.37. The van der Waals surface area contributed by atoms with Crippen LogP contribution in [0, 0.1) is 0 Å². The minimum atomic E-state index is -1.14. The quantitative estimate of drug-likeness (QED) is 0.828. The summed E-state index contributed by atoms with van der Waals surface area (Å²) in [7, 11) is 0. The fraction of sp³-hybridized carbons (Fsp3) is 0.133. The van der Waals surface area contributed by atoms with E-state index >= 15 is 0 Å². The number of rotatable bonds is 4. The second-order valence-corrected chi connectivity index (χ2v) is 4.42. The molecule has 1 aromatic carbocycles. The van der Waals surface area contributed by atoms with E-state index in [1.807, 2.05) is 0 Å². The van der Waals surface area contributed by atoms with Crippen LogP contribution in [0.25, 0.3) is 17.0 Å². The van der Waals surface area contributed by atoms with Crippen LogP contribution in [0.4, 0.5) is 0 Å². The van der Waals surface area contributed by atoms with Gasteiger partial charge in [0.1, 0.15) is 17.9 Å². The van der Waals surface area contributed by atoms with E-state index in [9.17, 15) is 14.4 Å². The number of carbonyl (C=O) groups excluding carboxylic acids is 1. The molecule has 21 heavy (non-hydrogen) atoms. The van der Waals surface area contributed by atoms with Gasteiger partial charge in [-0.25, -0.2) is 0 Å². The summed E-state index contributed by atoms with van der Waals surface area (Å²) in [5.41, 5.74) is 0.419. The number of fused-ring (bicyclic) bond motifs is 1. The van der Waals surface area contributed by atoms with Crippen LogP contribution in [0.3, 0.4) is 0 Å². The molecule has 0 saturated heterocycles. The molecule has 0 spiro atoms. The van der Waals surface area contributed by atoms with Crippen LogP contribution in [0.15, 0.2) is 45.8 Å². The van der Waals surface area contributed by atoms with Gasteiger partial charge in [0.05, 0.1) is 10.9 Å². The maximum atomic E-state index is 12.1. The molecule has 0 bridgehead atoms. The predicted molar refractivity (Wildman–Crippen MR) is 76.8 cm³/mol. The Morgan fingerprint density at radius 3 is 2.76 bits per heavy atom. The first kappa shape index (κ1) is 14.5. The number of para-hydroxylation sites is 1. The third kappa shape index (κ3) is 3.36. The Kier molecular flexibility index (Phi) is 4.18. The highest BCUT2D eigenvalue weighted by Gasteiger charge is 2.12. The molecule has 6 nitrogen and oxygen atoms in total. The van der Waals surface area contributed by atoms with Gasteiger partial charge in [0, 0.05) is 6.08 Å². The maximum absolute atomic E-state index is 12.1. The molecule has 2 N–H and O–H groups in total. The molecule has 1 amide bonds. The molecule has 0 aliphatic rings. The number of carbonyl (C=O) groups is 2. The Bertz CT molecular complexity index is 775. The van der Waals surface area contributed by atoms with Gasteiger partial charge in [0.25, 0.3) is 0 Å². The molecule has 1 aromatic heterocycles. The lowest BCUT2D eigenvalue weighted by molar-refractivity contribution is -0.140. The van der Waals surface area contributed by atoms with Crippen LogP contribution in [-0.2, 0) is 9.59 Å². The van der Waals surface area contributed by atoms with Crippen molar-refractivity contribution in [2.75, 3.05) is 0 Å². The Balaban J connectivity index is 2.22. The number of benzene rings is 1. The van der Waals surface area contributed by atoms with Crippen LogP contribution in [-0.4, -0.2) is 23.0 Å². The summed E-state index contributed by atoms with van der Waals surface area (Å²) in [5, 5.41) is 11.3. The van der Waals surface area contributed by atoms with Crippen molar-refractivity contribution in [2.45, 2.75) is 13.0 Å². The van der Waals surface area contributed by atoms with Crippen molar-refractivity contribution >= 4 is 28.9 Å². The van der Waals surface area contributed by atoms with Gasteiger partial charge in [-0.3, -0.25) is 14.4 Å². The minimum Gasteiger partial charge on any atom is -0.480 e.